The molecule has 1 unspecified atom stereocenters. The first kappa shape index (κ1) is 14.8. The van der Waals surface area contributed by atoms with E-state index < -0.39 is 0 Å². The molecule has 8 heteroatoms. The van der Waals surface area contributed by atoms with Gasteiger partial charge in [-0.25, -0.2) is 4.79 Å². The van der Waals surface area contributed by atoms with Gasteiger partial charge in [-0.1, -0.05) is 11.2 Å². The van der Waals surface area contributed by atoms with Crippen molar-refractivity contribution in [2.75, 3.05) is 6.79 Å². The number of amides is 2. The van der Waals surface area contributed by atoms with E-state index >= 15 is 0 Å². The molecule has 0 saturated heterocycles. The first-order chi connectivity index (χ1) is 11.7. The van der Waals surface area contributed by atoms with Crippen LogP contribution in [0.3, 0.4) is 0 Å². The van der Waals surface area contributed by atoms with Gasteiger partial charge in [0, 0.05) is 5.92 Å². The number of hydrogen-bond donors (Lipinski definition) is 2. The summed E-state index contributed by atoms with van der Waals surface area (Å²) in [5.74, 6) is 3.00. The molecule has 1 saturated carbocycles. The van der Waals surface area contributed by atoms with Gasteiger partial charge in [0.05, 0.1) is 12.6 Å². The van der Waals surface area contributed by atoms with Crippen molar-refractivity contribution in [1.82, 2.24) is 20.8 Å². The van der Waals surface area contributed by atoms with Gasteiger partial charge >= 0.3 is 6.03 Å². The minimum Gasteiger partial charge on any atom is -0.454 e. The minimum atomic E-state index is -0.300. The number of hydrogen-bond acceptors (Lipinski definition) is 6. The maximum Gasteiger partial charge on any atom is 0.315 e. The highest BCUT2D eigenvalue weighted by Gasteiger charge is 2.28. The van der Waals surface area contributed by atoms with Crippen LogP contribution in [0.5, 0.6) is 11.5 Å². The van der Waals surface area contributed by atoms with E-state index in [0.717, 1.165) is 30.0 Å². The number of fused-ring (bicyclic) bond motifs is 1. The zero-order valence-corrected chi connectivity index (χ0v) is 13.2. The van der Waals surface area contributed by atoms with E-state index in [4.69, 9.17) is 14.0 Å². The number of ether oxygens (including phenoxy) is 2. The Labute approximate surface area is 138 Å². The van der Waals surface area contributed by atoms with E-state index in [2.05, 4.69) is 20.8 Å². The Morgan fingerprint density at radius 2 is 2.17 bits per heavy atom. The summed E-state index contributed by atoms with van der Waals surface area (Å²) in [6, 6.07) is 5.13. The third kappa shape index (κ3) is 3.12. The molecule has 1 aliphatic carbocycles. The molecule has 0 radical (unpaired) electrons. The second-order valence-electron chi connectivity index (χ2n) is 5.98. The van der Waals surface area contributed by atoms with Gasteiger partial charge in [-0.3, -0.25) is 0 Å². The summed E-state index contributed by atoms with van der Waals surface area (Å²) in [6.07, 6.45) is 2.22. The molecule has 1 aliphatic heterocycles. The quantitative estimate of drug-likeness (QED) is 0.872. The summed E-state index contributed by atoms with van der Waals surface area (Å²) in [5, 5.41) is 9.50. The zero-order chi connectivity index (χ0) is 16.5. The lowest BCUT2D eigenvalue weighted by Gasteiger charge is -2.15. The van der Waals surface area contributed by atoms with Crippen LogP contribution in [0.1, 0.15) is 49.0 Å². The SMILES string of the molecule is CC(NC(=O)NCc1nc(C2CC2)no1)c1ccc2c(c1)OCO2. The Balaban J connectivity index is 1.30. The van der Waals surface area contributed by atoms with Crippen molar-refractivity contribution >= 4 is 6.03 Å². The summed E-state index contributed by atoms with van der Waals surface area (Å²) in [7, 11) is 0. The van der Waals surface area contributed by atoms with E-state index in [9.17, 15) is 4.79 Å². The number of aromatic nitrogens is 2. The fourth-order valence-corrected chi connectivity index (χ4v) is 2.52. The summed E-state index contributed by atoms with van der Waals surface area (Å²) in [5.41, 5.74) is 0.934. The summed E-state index contributed by atoms with van der Waals surface area (Å²) >= 11 is 0. The van der Waals surface area contributed by atoms with Crippen molar-refractivity contribution in [3.63, 3.8) is 0 Å². The maximum absolute atomic E-state index is 12.0. The Kier molecular flexibility index (Phi) is 3.72. The first-order valence-electron chi connectivity index (χ1n) is 7.95. The molecular weight excluding hydrogens is 312 g/mol. The van der Waals surface area contributed by atoms with Crippen molar-refractivity contribution in [2.24, 2.45) is 0 Å². The van der Waals surface area contributed by atoms with E-state index in [-0.39, 0.29) is 25.4 Å². The predicted octanol–water partition coefficient (Wildman–Crippen LogP) is 2.24. The molecule has 0 spiro atoms. The van der Waals surface area contributed by atoms with Gasteiger partial charge < -0.3 is 24.6 Å². The van der Waals surface area contributed by atoms with Gasteiger partial charge in [-0.05, 0) is 37.5 Å². The number of urea groups is 1. The Morgan fingerprint density at radius 3 is 3.00 bits per heavy atom. The van der Waals surface area contributed by atoms with Crippen LogP contribution >= 0.6 is 0 Å². The average molecular weight is 330 g/mol. The van der Waals surface area contributed by atoms with Crippen molar-refractivity contribution in [3.8, 4) is 11.5 Å². The van der Waals surface area contributed by atoms with E-state index in [1.807, 2.05) is 25.1 Å². The number of carbonyl (C=O) groups is 1. The Hall–Kier alpha value is -2.77. The van der Waals surface area contributed by atoms with Crippen LogP contribution in [0.2, 0.25) is 0 Å². The van der Waals surface area contributed by atoms with Crippen LogP contribution < -0.4 is 20.1 Å². The lowest BCUT2D eigenvalue weighted by molar-refractivity contribution is 0.174. The van der Waals surface area contributed by atoms with Gasteiger partial charge in [0.15, 0.2) is 17.3 Å². The highest BCUT2D eigenvalue weighted by atomic mass is 16.7. The van der Waals surface area contributed by atoms with Crippen LogP contribution in [-0.4, -0.2) is 23.0 Å². The second-order valence-corrected chi connectivity index (χ2v) is 5.98. The van der Waals surface area contributed by atoms with Gasteiger partial charge in [0.1, 0.15) is 0 Å². The van der Waals surface area contributed by atoms with Crippen molar-refractivity contribution in [3.05, 3.63) is 35.5 Å². The number of carbonyl (C=O) groups excluding carboxylic acids is 1. The molecular formula is C16H18N4O4. The predicted molar refractivity (Wildman–Crippen MR) is 82.6 cm³/mol. The molecule has 4 rings (SSSR count). The van der Waals surface area contributed by atoms with Gasteiger partial charge in [0.2, 0.25) is 12.7 Å². The fourth-order valence-electron chi connectivity index (χ4n) is 2.52. The van der Waals surface area contributed by atoms with E-state index in [1.54, 1.807) is 0 Å². The van der Waals surface area contributed by atoms with E-state index in [0.29, 0.717) is 17.6 Å². The molecule has 2 amide bonds. The monoisotopic (exact) mass is 330 g/mol. The lowest BCUT2D eigenvalue weighted by Crippen LogP contribution is -2.36. The largest absolute Gasteiger partial charge is 0.454 e. The fraction of sp³-hybridized carbons (Fsp3) is 0.438. The van der Waals surface area contributed by atoms with Gasteiger partial charge in [0.25, 0.3) is 0 Å². The minimum absolute atomic E-state index is 0.177. The standard InChI is InChI=1S/C16H18N4O4/c1-9(11-4-5-12-13(6-11)23-8-22-12)18-16(21)17-7-14-19-15(20-24-14)10-2-3-10/h4-6,9-10H,2-3,7-8H2,1H3,(H2,17,18,21). The maximum atomic E-state index is 12.0. The summed E-state index contributed by atoms with van der Waals surface area (Å²) in [6.45, 7) is 2.34. The normalized spacial score (nSPS) is 16.7. The van der Waals surface area contributed by atoms with Crippen molar-refractivity contribution in [1.29, 1.82) is 0 Å². The van der Waals surface area contributed by atoms with Crippen LogP contribution in [0, 0.1) is 0 Å². The Bertz CT molecular complexity index is 756. The van der Waals surface area contributed by atoms with Gasteiger partial charge in [-0.15, -0.1) is 0 Å². The molecule has 2 heterocycles. The zero-order valence-electron chi connectivity index (χ0n) is 13.2. The third-order valence-electron chi connectivity index (χ3n) is 4.07. The first-order valence-corrected chi connectivity index (χ1v) is 7.95. The molecule has 1 atom stereocenters. The highest BCUT2D eigenvalue weighted by Crippen LogP contribution is 2.38. The molecule has 126 valence electrons. The third-order valence-corrected chi connectivity index (χ3v) is 4.07. The summed E-state index contributed by atoms with van der Waals surface area (Å²) < 4.78 is 15.8. The molecule has 0 bridgehead atoms. The number of benzene rings is 1. The summed E-state index contributed by atoms with van der Waals surface area (Å²) in [4.78, 5) is 16.3. The van der Waals surface area contributed by atoms with Crippen molar-refractivity contribution in [2.45, 2.75) is 38.3 Å². The molecule has 2 aliphatic rings. The topological polar surface area (TPSA) is 98.5 Å². The molecule has 1 fully saturated rings. The lowest BCUT2D eigenvalue weighted by atomic mass is 10.1. The smallest absolute Gasteiger partial charge is 0.315 e. The molecule has 1 aromatic heterocycles. The second kappa shape index (κ2) is 6.03. The highest BCUT2D eigenvalue weighted by molar-refractivity contribution is 5.74. The van der Waals surface area contributed by atoms with Crippen LogP contribution in [0.4, 0.5) is 4.79 Å². The number of nitrogens with zero attached hydrogens (tertiary/aromatic N) is 2. The molecule has 8 nitrogen and oxygen atoms in total. The number of rotatable bonds is 5. The number of nitrogens with one attached hydrogen (secondary N) is 2. The van der Waals surface area contributed by atoms with Gasteiger partial charge in [-0.2, -0.15) is 4.98 Å². The van der Waals surface area contributed by atoms with Crippen LogP contribution in [0.15, 0.2) is 22.7 Å². The van der Waals surface area contributed by atoms with Crippen molar-refractivity contribution < 1.29 is 18.8 Å². The molecule has 2 N–H and O–H groups in total. The molecule has 2 aromatic rings. The van der Waals surface area contributed by atoms with Crippen LogP contribution in [0.25, 0.3) is 0 Å². The average Bonchev–Trinajstić information content (AvgIpc) is 3.14. The van der Waals surface area contributed by atoms with Crippen LogP contribution in [-0.2, 0) is 6.54 Å². The molecule has 1 aromatic carbocycles. The Morgan fingerprint density at radius 1 is 1.33 bits per heavy atom. The molecule has 24 heavy (non-hydrogen) atoms. The van der Waals surface area contributed by atoms with E-state index in [1.165, 1.54) is 0 Å².